The molecular formula is C33H37Cl2N3O3S. The highest BCUT2D eigenvalue weighted by atomic mass is 35.5. The summed E-state index contributed by atoms with van der Waals surface area (Å²) in [5.41, 5.74) is 4.02. The van der Waals surface area contributed by atoms with Crippen LogP contribution in [0.15, 0.2) is 78.4 Å². The van der Waals surface area contributed by atoms with E-state index in [1.54, 1.807) is 24.3 Å². The van der Waals surface area contributed by atoms with E-state index < -0.39 is 9.84 Å². The number of likely N-dealkylation sites (tertiary alicyclic amines) is 2. The maximum Gasteiger partial charge on any atom is 0.251 e. The molecule has 2 fully saturated rings. The zero-order valence-electron chi connectivity index (χ0n) is 24.0. The van der Waals surface area contributed by atoms with Gasteiger partial charge in [-0.15, -0.1) is 0 Å². The van der Waals surface area contributed by atoms with Gasteiger partial charge in [0.05, 0.1) is 4.91 Å². The third kappa shape index (κ3) is 7.26. The van der Waals surface area contributed by atoms with E-state index in [0.717, 1.165) is 42.6 Å². The van der Waals surface area contributed by atoms with Crippen LogP contribution in [0.5, 0.6) is 0 Å². The Morgan fingerprint density at radius 2 is 1.57 bits per heavy atom. The van der Waals surface area contributed by atoms with Crippen molar-refractivity contribution in [2.24, 2.45) is 0 Å². The van der Waals surface area contributed by atoms with Gasteiger partial charge in [-0.05, 0) is 91.0 Å². The first-order valence-corrected chi connectivity index (χ1v) is 17.1. The lowest BCUT2D eigenvalue weighted by atomic mass is 9.87. The van der Waals surface area contributed by atoms with E-state index in [1.807, 2.05) is 48.5 Å². The second kappa shape index (κ2) is 13.3. The lowest BCUT2D eigenvalue weighted by Crippen LogP contribution is -2.51. The molecule has 0 bridgehead atoms. The van der Waals surface area contributed by atoms with Gasteiger partial charge >= 0.3 is 0 Å². The average Bonchev–Trinajstić information content (AvgIpc) is 3.43. The van der Waals surface area contributed by atoms with Crippen LogP contribution in [0.1, 0.15) is 46.8 Å². The van der Waals surface area contributed by atoms with Crippen LogP contribution in [0.2, 0.25) is 10.0 Å². The topological polar surface area (TPSA) is 69.7 Å². The molecule has 2 saturated heterocycles. The highest BCUT2D eigenvalue weighted by Gasteiger charge is 2.38. The molecule has 1 amide bonds. The lowest BCUT2D eigenvalue weighted by Gasteiger charge is -2.45. The van der Waals surface area contributed by atoms with Crippen LogP contribution in [0.25, 0.3) is 4.91 Å². The molecule has 2 aliphatic rings. The number of hydrogen-bond donors (Lipinski definition) is 1. The quantitative estimate of drug-likeness (QED) is 0.295. The Bertz CT molecular complexity index is 1560. The summed E-state index contributed by atoms with van der Waals surface area (Å²) in [6.07, 6.45) is 4.10. The Labute approximate surface area is 259 Å². The summed E-state index contributed by atoms with van der Waals surface area (Å²) in [5, 5.41) is 4.41. The van der Waals surface area contributed by atoms with Crippen LogP contribution < -0.4 is 5.32 Å². The van der Waals surface area contributed by atoms with Crippen LogP contribution >= 0.6 is 23.2 Å². The minimum atomic E-state index is -3.61. The number of nitrogens with zero attached hydrogens (tertiary/aromatic N) is 2. The van der Waals surface area contributed by atoms with Crippen LogP contribution in [0.3, 0.4) is 0 Å². The number of nitrogens with one attached hydrogen (secondary N) is 1. The molecule has 0 aromatic heterocycles. The first-order chi connectivity index (χ1) is 20.1. The summed E-state index contributed by atoms with van der Waals surface area (Å²) < 4.78 is 26.7. The van der Waals surface area contributed by atoms with Crippen LogP contribution in [0, 0.1) is 0 Å². The average molecular weight is 627 g/mol. The van der Waals surface area contributed by atoms with Gasteiger partial charge in [-0.25, -0.2) is 8.42 Å². The smallest absolute Gasteiger partial charge is 0.251 e. The molecule has 0 aliphatic carbocycles. The molecule has 3 aromatic rings. The number of carbonyl (C=O) groups is 1. The standard InChI is InChI=1S/C33H37Cl2N3O3S/c1-3-37-17-5-8-29(37)20-36-33(39)26-7-4-6-25(19-26)32(42(2,40)41)30-22-38(21-24-11-15-28(35)16-12-24)31(30)18-23-9-13-27(34)14-10-23/h4,6-7,9-16,19,29,31H,3,5,8,17-18,20-22H2,1-2H3,(H,36,39). The van der Waals surface area contributed by atoms with Gasteiger partial charge in [0.1, 0.15) is 0 Å². The van der Waals surface area contributed by atoms with Crippen molar-refractivity contribution in [1.82, 2.24) is 15.1 Å². The Balaban J connectivity index is 1.44. The summed E-state index contributed by atoms with van der Waals surface area (Å²) in [6.45, 7) is 5.92. The van der Waals surface area contributed by atoms with Crippen molar-refractivity contribution in [3.8, 4) is 0 Å². The second-order valence-corrected chi connectivity index (χ2v) is 14.0. The number of likely N-dealkylation sites (N-methyl/N-ethyl adjacent to an activating group) is 1. The molecule has 2 atom stereocenters. The fraction of sp³-hybridized carbons (Fsp3) is 0.364. The predicted octanol–water partition coefficient (Wildman–Crippen LogP) is 6.09. The first kappa shape index (κ1) is 30.8. The summed E-state index contributed by atoms with van der Waals surface area (Å²) in [6, 6.07) is 22.6. The number of hydrogen-bond acceptors (Lipinski definition) is 5. The molecule has 6 nitrogen and oxygen atoms in total. The van der Waals surface area contributed by atoms with Crippen molar-refractivity contribution in [3.63, 3.8) is 0 Å². The molecular weight excluding hydrogens is 589 g/mol. The van der Waals surface area contributed by atoms with Crippen LogP contribution in [-0.4, -0.2) is 68.6 Å². The number of halogens is 2. The van der Waals surface area contributed by atoms with E-state index in [2.05, 4.69) is 22.0 Å². The zero-order chi connectivity index (χ0) is 29.9. The summed E-state index contributed by atoms with van der Waals surface area (Å²) in [5.74, 6) is -0.187. The zero-order valence-corrected chi connectivity index (χ0v) is 26.4. The summed E-state index contributed by atoms with van der Waals surface area (Å²) >= 11 is 12.2. The third-order valence-corrected chi connectivity index (χ3v) is 10.1. The lowest BCUT2D eigenvalue weighted by molar-refractivity contribution is 0.0941. The van der Waals surface area contributed by atoms with Crippen molar-refractivity contribution >= 4 is 43.9 Å². The Morgan fingerprint density at radius 1 is 0.929 bits per heavy atom. The molecule has 9 heteroatoms. The SMILES string of the molecule is CCN1CCCC1CNC(=O)c1cccc(C(=C2CN(Cc3ccc(Cl)cc3)C2Cc2ccc(Cl)cc2)S(C)(=O)=O)c1. The molecule has 2 unspecified atom stereocenters. The Hall–Kier alpha value is -2.68. The molecule has 222 valence electrons. The van der Waals surface area contributed by atoms with E-state index >= 15 is 0 Å². The largest absolute Gasteiger partial charge is 0.350 e. The number of benzene rings is 3. The number of rotatable bonds is 10. The molecule has 1 N–H and O–H groups in total. The first-order valence-electron chi connectivity index (χ1n) is 14.4. The summed E-state index contributed by atoms with van der Waals surface area (Å²) in [7, 11) is -3.61. The summed E-state index contributed by atoms with van der Waals surface area (Å²) in [4.78, 5) is 18.1. The van der Waals surface area contributed by atoms with Gasteiger partial charge in [-0.2, -0.15) is 0 Å². The molecule has 0 saturated carbocycles. The predicted molar refractivity (Wildman–Crippen MR) is 172 cm³/mol. The molecule has 3 aromatic carbocycles. The van der Waals surface area contributed by atoms with E-state index in [4.69, 9.17) is 23.2 Å². The van der Waals surface area contributed by atoms with Crippen molar-refractivity contribution in [2.75, 3.05) is 32.4 Å². The minimum absolute atomic E-state index is 0.133. The van der Waals surface area contributed by atoms with Crippen molar-refractivity contribution < 1.29 is 13.2 Å². The van der Waals surface area contributed by atoms with Crippen LogP contribution in [0.4, 0.5) is 0 Å². The Kier molecular flexibility index (Phi) is 9.75. The highest BCUT2D eigenvalue weighted by molar-refractivity contribution is 8.00. The molecule has 2 aliphatic heterocycles. The molecule has 42 heavy (non-hydrogen) atoms. The van der Waals surface area contributed by atoms with Crippen LogP contribution in [-0.2, 0) is 22.8 Å². The monoisotopic (exact) mass is 625 g/mol. The number of amides is 1. The normalized spacial score (nSPS) is 20.8. The Morgan fingerprint density at radius 3 is 2.21 bits per heavy atom. The van der Waals surface area contributed by atoms with Gasteiger partial charge in [0, 0.05) is 53.6 Å². The van der Waals surface area contributed by atoms with Crippen molar-refractivity contribution in [2.45, 2.75) is 44.8 Å². The maximum absolute atomic E-state index is 13.3. The van der Waals surface area contributed by atoms with Gasteiger partial charge in [0.15, 0.2) is 9.84 Å². The highest BCUT2D eigenvalue weighted by Crippen LogP contribution is 2.38. The number of carbonyl (C=O) groups excluding carboxylic acids is 1. The maximum atomic E-state index is 13.3. The van der Waals surface area contributed by atoms with Crippen molar-refractivity contribution in [1.29, 1.82) is 0 Å². The minimum Gasteiger partial charge on any atom is -0.350 e. The fourth-order valence-electron chi connectivity index (χ4n) is 6.15. The molecule has 0 radical (unpaired) electrons. The third-order valence-electron chi connectivity index (χ3n) is 8.31. The fourth-order valence-corrected chi connectivity index (χ4v) is 7.63. The molecule has 2 heterocycles. The molecule has 0 spiro atoms. The van der Waals surface area contributed by atoms with E-state index in [1.165, 1.54) is 6.26 Å². The van der Waals surface area contributed by atoms with E-state index in [-0.39, 0.29) is 11.9 Å². The van der Waals surface area contributed by atoms with E-state index in [9.17, 15) is 13.2 Å². The van der Waals surface area contributed by atoms with Gasteiger partial charge in [-0.3, -0.25) is 14.6 Å². The number of sulfone groups is 1. The van der Waals surface area contributed by atoms with Gasteiger partial charge in [0.25, 0.3) is 5.91 Å². The second-order valence-electron chi connectivity index (χ2n) is 11.2. The molecule has 5 rings (SSSR count). The van der Waals surface area contributed by atoms with E-state index in [0.29, 0.717) is 58.2 Å². The van der Waals surface area contributed by atoms with Gasteiger partial charge in [0.2, 0.25) is 0 Å². The van der Waals surface area contributed by atoms with Gasteiger partial charge in [-0.1, -0.05) is 66.5 Å². The van der Waals surface area contributed by atoms with Gasteiger partial charge < -0.3 is 5.32 Å². The van der Waals surface area contributed by atoms with Crippen molar-refractivity contribution in [3.05, 3.63) is 111 Å².